The van der Waals surface area contributed by atoms with Gasteiger partial charge < -0.3 is 15.5 Å². The van der Waals surface area contributed by atoms with E-state index in [1.54, 1.807) is 24.3 Å². The van der Waals surface area contributed by atoms with Gasteiger partial charge in [-0.1, -0.05) is 18.2 Å². The van der Waals surface area contributed by atoms with Crippen molar-refractivity contribution in [3.8, 4) is 0 Å². The average molecular weight is 444 g/mol. The molecule has 170 valence electrons. The molecule has 0 spiro atoms. The number of aromatic nitrogens is 2. The maximum absolute atomic E-state index is 13.5. The van der Waals surface area contributed by atoms with Crippen molar-refractivity contribution < 1.29 is 9.59 Å². The molecule has 1 fully saturated rings. The Morgan fingerprint density at radius 2 is 1.85 bits per heavy atom. The fraction of sp³-hybridized carbons (Fsp3) is 0.308. The van der Waals surface area contributed by atoms with E-state index in [1.807, 2.05) is 61.5 Å². The molecule has 3 aromatic rings. The molecule has 0 bridgehead atoms. The smallest absolute Gasteiger partial charge is 0.253 e. The van der Waals surface area contributed by atoms with E-state index in [-0.39, 0.29) is 11.8 Å². The topological polar surface area (TPSA) is 87.2 Å². The third-order valence-corrected chi connectivity index (χ3v) is 6.27. The molecule has 2 N–H and O–H groups in total. The van der Waals surface area contributed by atoms with Crippen molar-refractivity contribution in [2.75, 3.05) is 25.5 Å². The van der Waals surface area contributed by atoms with E-state index in [2.05, 4.69) is 20.6 Å². The first-order valence-corrected chi connectivity index (χ1v) is 11.2. The van der Waals surface area contributed by atoms with Crippen LogP contribution in [0.4, 0.5) is 5.69 Å². The maximum Gasteiger partial charge on any atom is 0.253 e. The van der Waals surface area contributed by atoms with Crippen molar-refractivity contribution >= 4 is 17.5 Å². The molecule has 1 saturated heterocycles. The van der Waals surface area contributed by atoms with Crippen molar-refractivity contribution in [3.05, 3.63) is 89.5 Å². The summed E-state index contributed by atoms with van der Waals surface area (Å²) in [6.45, 7) is 3.48. The van der Waals surface area contributed by atoms with Gasteiger partial charge >= 0.3 is 0 Å². The molecule has 1 aromatic carbocycles. The number of nitrogens with one attached hydrogen (secondary N) is 2. The Hall–Kier alpha value is -3.74. The Morgan fingerprint density at radius 1 is 1.06 bits per heavy atom. The zero-order valence-corrected chi connectivity index (χ0v) is 19.0. The van der Waals surface area contributed by atoms with Gasteiger partial charge in [-0.05, 0) is 61.7 Å². The molecule has 2 amide bonds. The van der Waals surface area contributed by atoms with Crippen LogP contribution in [0, 0.1) is 6.92 Å². The first kappa shape index (κ1) is 22.5. The molecule has 0 radical (unpaired) electrons. The van der Waals surface area contributed by atoms with E-state index in [0.717, 1.165) is 23.4 Å². The van der Waals surface area contributed by atoms with E-state index >= 15 is 0 Å². The third-order valence-electron chi connectivity index (χ3n) is 6.27. The molecule has 1 aliphatic rings. The van der Waals surface area contributed by atoms with Gasteiger partial charge in [0, 0.05) is 43.8 Å². The summed E-state index contributed by atoms with van der Waals surface area (Å²) in [5.74, 6) is -0.194. The third kappa shape index (κ3) is 4.72. The number of pyridine rings is 2. The van der Waals surface area contributed by atoms with Crippen LogP contribution >= 0.6 is 0 Å². The number of carbonyl (C=O) groups excluding carboxylic acids is 2. The summed E-state index contributed by atoms with van der Waals surface area (Å²) in [5, 5.41) is 6.18. The Kier molecular flexibility index (Phi) is 6.68. The number of amides is 2. The van der Waals surface area contributed by atoms with Gasteiger partial charge in [0.15, 0.2) is 0 Å². The molecule has 7 heteroatoms. The summed E-state index contributed by atoms with van der Waals surface area (Å²) in [6.07, 6.45) is 4.84. The highest BCUT2D eigenvalue weighted by Crippen LogP contribution is 2.34. The van der Waals surface area contributed by atoms with Gasteiger partial charge in [-0.2, -0.15) is 0 Å². The lowest BCUT2D eigenvalue weighted by atomic mass is 9.75. The number of rotatable bonds is 6. The van der Waals surface area contributed by atoms with Gasteiger partial charge in [0.05, 0.1) is 17.9 Å². The van der Waals surface area contributed by atoms with Crippen LogP contribution in [0.15, 0.2) is 67.0 Å². The van der Waals surface area contributed by atoms with Crippen molar-refractivity contribution in [3.63, 3.8) is 0 Å². The normalized spacial score (nSPS) is 17.9. The molecular formula is C26H29N5O2. The number of hydrogen-bond acceptors (Lipinski definition) is 5. The van der Waals surface area contributed by atoms with Crippen molar-refractivity contribution in [1.29, 1.82) is 0 Å². The largest absolute Gasteiger partial charge is 0.379 e. The zero-order valence-electron chi connectivity index (χ0n) is 19.0. The van der Waals surface area contributed by atoms with Crippen LogP contribution in [0.3, 0.4) is 0 Å². The zero-order chi connectivity index (χ0) is 23.3. The predicted octanol–water partition coefficient (Wildman–Crippen LogP) is 3.32. The number of hydrogen-bond donors (Lipinski definition) is 2. The second kappa shape index (κ2) is 9.81. The summed E-state index contributed by atoms with van der Waals surface area (Å²) in [5.41, 5.74) is 3.31. The Morgan fingerprint density at radius 3 is 2.55 bits per heavy atom. The summed E-state index contributed by atoms with van der Waals surface area (Å²) in [7, 11) is 1.63. The van der Waals surface area contributed by atoms with Gasteiger partial charge in [0.1, 0.15) is 5.41 Å². The lowest BCUT2D eigenvalue weighted by Crippen LogP contribution is -2.56. The molecule has 7 nitrogen and oxygen atoms in total. The molecule has 0 aliphatic carbocycles. The van der Waals surface area contributed by atoms with Gasteiger partial charge in [0.25, 0.3) is 5.91 Å². The van der Waals surface area contributed by atoms with Gasteiger partial charge in [-0.25, -0.2) is 0 Å². The van der Waals surface area contributed by atoms with Gasteiger partial charge in [0.2, 0.25) is 5.91 Å². The SMILES string of the molecule is CNC(=O)[C@@]1(c2ccccn2)CCCN(C(=O)c2ccc(C)c(NCc3ccccn3)c2)C1. The van der Waals surface area contributed by atoms with Crippen LogP contribution in [-0.2, 0) is 16.8 Å². The maximum atomic E-state index is 13.5. The highest BCUT2D eigenvalue weighted by molar-refractivity contribution is 5.96. The number of likely N-dealkylation sites (N-methyl/N-ethyl adjacent to an activating group) is 1. The van der Waals surface area contributed by atoms with Crippen LogP contribution in [-0.4, -0.2) is 46.8 Å². The minimum Gasteiger partial charge on any atom is -0.379 e. The highest BCUT2D eigenvalue weighted by atomic mass is 16.2. The number of anilines is 1. The second-order valence-corrected chi connectivity index (χ2v) is 8.41. The molecule has 0 saturated carbocycles. The fourth-order valence-corrected chi connectivity index (χ4v) is 4.44. The van der Waals surface area contributed by atoms with Crippen LogP contribution in [0.25, 0.3) is 0 Å². The quantitative estimate of drug-likeness (QED) is 0.610. The van der Waals surface area contributed by atoms with Gasteiger partial charge in [-0.15, -0.1) is 0 Å². The van der Waals surface area contributed by atoms with Crippen LogP contribution in [0.2, 0.25) is 0 Å². The summed E-state index contributed by atoms with van der Waals surface area (Å²) in [6, 6.07) is 17.1. The molecule has 4 rings (SSSR count). The minimum absolute atomic E-state index is 0.0835. The molecule has 3 heterocycles. The summed E-state index contributed by atoms with van der Waals surface area (Å²) in [4.78, 5) is 37.1. The van der Waals surface area contributed by atoms with E-state index in [9.17, 15) is 9.59 Å². The second-order valence-electron chi connectivity index (χ2n) is 8.41. The Bertz CT molecular complexity index is 1120. The molecule has 0 unspecified atom stereocenters. The first-order valence-electron chi connectivity index (χ1n) is 11.2. The number of benzene rings is 1. The molecule has 2 aromatic heterocycles. The predicted molar refractivity (Wildman–Crippen MR) is 128 cm³/mol. The number of nitrogens with zero attached hydrogens (tertiary/aromatic N) is 3. The lowest BCUT2D eigenvalue weighted by Gasteiger charge is -2.41. The lowest BCUT2D eigenvalue weighted by molar-refractivity contribution is -0.128. The molecule has 33 heavy (non-hydrogen) atoms. The van der Waals surface area contributed by atoms with Gasteiger partial charge in [-0.3, -0.25) is 19.6 Å². The van der Waals surface area contributed by atoms with Crippen molar-refractivity contribution in [2.24, 2.45) is 0 Å². The standard InChI is InChI=1S/C26H29N5O2/c1-19-10-11-20(16-22(19)30-17-21-8-3-5-13-28-21)24(32)31-15-7-12-26(18-31,25(33)27-2)23-9-4-6-14-29-23/h3-6,8-11,13-14,16,30H,7,12,15,17-18H2,1-2H3,(H,27,33)/t26-/m0/s1. The number of aryl methyl sites for hydroxylation is 1. The first-order chi connectivity index (χ1) is 16.0. The van der Waals surface area contributed by atoms with Crippen molar-refractivity contribution in [2.45, 2.75) is 31.7 Å². The summed E-state index contributed by atoms with van der Waals surface area (Å²) < 4.78 is 0. The molecular weight excluding hydrogens is 414 g/mol. The number of likely N-dealkylation sites (tertiary alicyclic amines) is 1. The highest BCUT2D eigenvalue weighted by Gasteiger charge is 2.45. The van der Waals surface area contributed by atoms with Crippen LogP contribution in [0.1, 0.15) is 40.2 Å². The minimum atomic E-state index is -0.853. The van der Waals surface area contributed by atoms with E-state index < -0.39 is 5.41 Å². The fourth-order valence-electron chi connectivity index (χ4n) is 4.44. The molecule has 1 aliphatic heterocycles. The monoisotopic (exact) mass is 443 g/mol. The number of carbonyl (C=O) groups is 2. The van der Waals surface area contributed by atoms with E-state index in [4.69, 9.17) is 0 Å². The Balaban J connectivity index is 1.56. The van der Waals surface area contributed by atoms with E-state index in [1.165, 1.54) is 0 Å². The van der Waals surface area contributed by atoms with Crippen molar-refractivity contribution in [1.82, 2.24) is 20.2 Å². The average Bonchev–Trinajstić information content (AvgIpc) is 2.88. The van der Waals surface area contributed by atoms with Crippen LogP contribution < -0.4 is 10.6 Å². The van der Waals surface area contributed by atoms with Crippen LogP contribution in [0.5, 0.6) is 0 Å². The molecule has 1 atom stereocenters. The van der Waals surface area contributed by atoms with E-state index in [0.29, 0.717) is 37.3 Å². The Labute approximate surface area is 194 Å². The number of piperidine rings is 1. The summed E-state index contributed by atoms with van der Waals surface area (Å²) >= 11 is 0.